The standard InChI is InChI=1S/C11H11Cl3O/c1-7(15)3-2-4-8-9(12)5-6-10(13)11(8)14/h5-6H,2-4H2,1H3. The fourth-order valence-electron chi connectivity index (χ4n) is 1.31. The lowest BCUT2D eigenvalue weighted by Crippen LogP contribution is -1.94. The molecule has 15 heavy (non-hydrogen) atoms. The second kappa shape index (κ2) is 5.74. The maximum absolute atomic E-state index is 10.8. The van der Waals surface area contributed by atoms with Crippen molar-refractivity contribution in [3.05, 3.63) is 32.8 Å². The van der Waals surface area contributed by atoms with Crippen LogP contribution in [0.3, 0.4) is 0 Å². The van der Waals surface area contributed by atoms with E-state index in [0.717, 1.165) is 12.0 Å². The molecule has 0 saturated heterocycles. The van der Waals surface area contributed by atoms with E-state index in [1.165, 1.54) is 0 Å². The molecule has 0 aromatic heterocycles. The number of halogens is 3. The van der Waals surface area contributed by atoms with Gasteiger partial charge in [-0.15, -0.1) is 0 Å². The van der Waals surface area contributed by atoms with E-state index in [1.807, 2.05) is 0 Å². The monoisotopic (exact) mass is 264 g/mol. The highest BCUT2D eigenvalue weighted by Gasteiger charge is 2.09. The van der Waals surface area contributed by atoms with Crippen molar-refractivity contribution in [3.63, 3.8) is 0 Å². The maximum atomic E-state index is 10.8. The Morgan fingerprint density at radius 2 is 1.80 bits per heavy atom. The molecule has 1 nitrogen and oxygen atoms in total. The number of hydrogen-bond acceptors (Lipinski definition) is 1. The molecule has 0 radical (unpaired) electrons. The minimum Gasteiger partial charge on any atom is -0.300 e. The molecule has 0 saturated carbocycles. The van der Waals surface area contributed by atoms with E-state index >= 15 is 0 Å². The van der Waals surface area contributed by atoms with Gasteiger partial charge in [0.25, 0.3) is 0 Å². The zero-order chi connectivity index (χ0) is 11.4. The first-order chi connectivity index (χ1) is 7.02. The van der Waals surface area contributed by atoms with E-state index < -0.39 is 0 Å². The smallest absolute Gasteiger partial charge is 0.129 e. The van der Waals surface area contributed by atoms with Gasteiger partial charge < -0.3 is 4.79 Å². The SMILES string of the molecule is CC(=O)CCCc1c(Cl)ccc(Cl)c1Cl. The molecule has 0 bridgehead atoms. The fraction of sp³-hybridized carbons (Fsp3) is 0.364. The van der Waals surface area contributed by atoms with E-state index in [9.17, 15) is 4.79 Å². The Labute approximate surface area is 104 Å². The van der Waals surface area contributed by atoms with Gasteiger partial charge in [0.1, 0.15) is 5.78 Å². The molecule has 1 rings (SSSR count). The Balaban J connectivity index is 2.75. The van der Waals surface area contributed by atoms with E-state index in [4.69, 9.17) is 34.8 Å². The van der Waals surface area contributed by atoms with Crippen LogP contribution in [-0.4, -0.2) is 5.78 Å². The first-order valence-corrected chi connectivity index (χ1v) is 5.77. The van der Waals surface area contributed by atoms with Crippen molar-refractivity contribution in [2.24, 2.45) is 0 Å². The Bertz CT molecular complexity index is 374. The highest BCUT2D eigenvalue weighted by molar-refractivity contribution is 6.44. The summed E-state index contributed by atoms with van der Waals surface area (Å²) in [6.07, 6.45) is 1.96. The van der Waals surface area contributed by atoms with Crippen LogP contribution in [0.4, 0.5) is 0 Å². The van der Waals surface area contributed by atoms with Gasteiger partial charge in [0.05, 0.1) is 10.0 Å². The molecule has 0 aliphatic rings. The van der Waals surface area contributed by atoms with E-state index in [0.29, 0.717) is 27.9 Å². The summed E-state index contributed by atoms with van der Waals surface area (Å²) in [5.41, 5.74) is 0.826. The fourth-order valence-corrected chi connectivity index (χ4v) is 2.05. The number of rotatable bonds is 4. The maximum Gasteiger partial charge on any atom is 0.129 e. The first kappa shape index (κ1) is 12.8. The summed E-state index contributed by atoms with van der Waals surface area (Å²) in [7, 11) is 0. The molecular formula is C11H11Cl3O. The highest BCUT2D eigenvalue weighted by Crippen LogP contribution is 2.32. The Morgan fingerprint density at radius 3 is 2.40 bits per heavy atom. The van der Waals surface area contributed by atoms with Crippen molar-refractivity contribution in [1.29, 1.82) is 0 Å². The van der Waals surface area contributed by atoms with Gasteiger partial charge in [0, 0.05) is 11.4 Å². The molecule has 0 spiro atoms. The first-order valence-electron chi connectivity index (χ1n) is 4.64. The van der Waals surface area contributed by atoms with Gasteiger partial charge in [-0.05, 0) is 37.5 Å². The summed E-state index contributed by atoms with van der Waals surface area (Å²) in [5, 5.41) is 1.60. The molecule has 0 aliphatic carbocycles. The lowest BCUT2D eigenvalue weighted by Gasteiger charge is -2.07. The molecule has 0 N–H and O–H groups in total. The van der Waals surface area contributed by atoms with Crippen LogP contribution in [0.15, 0.2) is 12.1 Å². The lowest BCUT2D eigenvalue weighted by atomic mass is 10.1. The summed E-state index contributed by atoms with van der Waals surface area (Å²) in [6.45, 7) is 1.57. The van der Waals surface area contributed by atoms with E-state index in [2.05, 4.69) is 0 Å². The topological polar surface area (TPSA) is 17.1 Å². The molecule has 82 valence electrons. The third-order valence-corrected chi connectivity index (χ3v) is 3.29. The van der Waals surface area contributed by atoms with Gasteiger partial charge in [-0.2, -0.15) is 0 Å². The van der Waals surface area contributed by atoms with Crippen molar-refractivity contribution in [3.8, 4) is 0 Å². The molecule has 4 heteroatoms. The van der Waals surface area contributed by atoms with Crippen molar-refractivity contribution in [2.75, 3.05) is 0 Å². The minimum atomic E-state index is 0.171. The predicted octanol–water partition coefficient (Wildman–Crippen LogP) is 4.56. The third kappa shape index (κ3) is 3.67. The number of hydrogen-bond donors (Lipinski definition) is 0. The Morgan fingerprint density at radius 1 is 1.20 bits per heavy atom. The second-order valence-corrected chi connectivity index (χ2v) is 4.57. The van der Waals surface area contributed by atoms with Crippen LogP contribution in [0.2, 0.25) is 15.1 Å². The summed E-state index contributed by atoms with van der Waals surface area (Å²) in [5.74, 6) is 0.171. The molecule has 0 unspecified atom stereocenters. The summed E-state index contributed by atoms with van der Waals surface area (Å²) in [4.78, 5) is 10.8. The van der Waals surface area contributed by atoms with E-state index in [1.54, 1.807) is 19.1 Å². The highest BCUT2D eigenvalue weighted by atomic mass is 35.5. The zero-order valence-electron chi connectivity index (χ0n) is 8.32. The molecule has 0 heterocycles. The average molecular weight is 266 g/mol. The van der Waals surface area contributed by atoms with Crippen LogP contribution < -0.4 is 0 Å². The summed E-state index contributed by atoms with van der Waals surface area (Å²) >= 11 is 17.9. The molecule has 0 fully saturated rings. The van der Waals surface area contributed by atoms with Gasteiger partial charge >= 0.3 is 0 Å². The normalized spacial score (nSPS) is 10.4. The van der Waals surface area contributed by atoms with Gasteiger partial charge in [-0.3, -0.25) is 0 Å². The van der Waals surface area contributed by atoms with E-state index in [-0.39, 0.29) is 5.78 Å². The van der Waals surface area contributed by atoms with Gasteiger partial charge in [-0.25, -0.2) is 0 Å². The zero-order valence-corrected chi connectivity index (χ0v) is 10.6. The third-order valence-electron chi connectivity index (χ3n) is 2.09. The molecule has 1 aromatic carbocycles. The Hall–Kier alpha value is -0.240. The molecule has 0 aliphatic heterocycles. The Kier molecular flexibility index (Phi) is 4.91. The molecule has 0 atom stereocenters. The van der Waals surface area contributed by atoms with Gasteiger partial charge in [0.15, 0.2) is 0 Å². The van der Waals surface area contributed by atoms with Crippen LogP contribution in [0, 0.1) is 0 Å². The molecule has 0 amide bonds. The summed E-state index contributed by atoms with van der Waals surface area (Å²) < 4.78 is 0. The molecular weight excluding hydrogens is 254 g/mol. The van der Waals surface area contributed by atoms with Crippen LogP contribution in [0.5, 0.6) is 0 Å². The molecule has 1 aromatic rings. The van der Waals surface area contributed by atoms with Crippen molar-refractivity contribution < 1.29 is 4.79 Å². The number of carbonyl (C=O) groups is 1. The van der Waals surface area contributed by atoms with Crippen molar-refractivity contribution in [1.82, 2.24) is 0 Å². The largest absolute Gasteiger partial charge is 0.300 e. The van der Waals surface area contributed by atoms with Crippen LogP contribution in [-0.2, 0) is 11.2 Å². The van der Waals surface area contributed by atoms with Crippen molar-refractivity contribution >= 4 is 40.6 Å². The average Bonchev–Trinajstić information content (AvgIpc) is 2.17. The minimum absolute atomic E-state index is 0.171. The van der Waals surface area contributed by atoms with Gasteiger partial charge in [0.2, 0.25) is 0 Å². The van der Waals surface area contributed by atoms with Gasteiger partial charge in [-0.1, -0.05) is 34.8 Å². The van der Waals surface area contributed by atoms with Crippen LogP contribution in [0.25, 0.3) is 0 Å². The number of benzene rings is 1. The lowest BCUT2D eigenvalue weighted by molar-refractivity contribution is -0.117. The van der Waals surface area contributed by atoms with Crippen LogP contribution >= 0.6 is 34.8 Å². The quantitative estimate of drug-likeness (QED) is 0.730. The van der Waals surface area contributed by atoms with Crippen molar-refractivity contribution in [2.45, 2.75) is 26.2 Å². The summed E-state index contributed by atoms with van der Waals surface area (Å²) in [6, 6.07) is 3.39. The predicted molar refractivity (Wildman–Crippen MR) is 65.1 cm³/mol. The number of carbonyl (C=O) groups excluding carboxylic acids is 1. The number of Topliss-reactive ketones (excluding diaryl/α,β-unsaturated/α-hetero) is 1. The van der Waals surface area contributed by atoms with Crippen LogP contribution in [0.1, 0.15) is 25.3 Å². The number of ketones is 1. The second-order valence-electron chi connectivity index (χ2n) is 3.38.